The molecule has 2 N–H and O–H groups in total. The van der Waals surface area contributed by atoms with E-state index in [1.165, 1.54) is 0 Å². The first-order chi connectivity index (χ1) is 13.9. The second-order valence-electron chi connectivity index (χ2n) is 6.71. The van der Waals surface area contributed by atoms with Gasteiger partial charge in [0.15, 0.2) is 0 Å². The number of nitrogens with one attached hydrogen (secondary N) is 2. The number of aryl methyl sites for hydroxylation is 1. The van der Waals surface area contributed by atoms with E-state index in [0.29, 0.717) is 17.1 Å². The number of carbonyl (C=O) groups excluding carboxylic acids is 2. The van der Waals surface area contributed by atoms with E-state index >= 15 is 0 Å². The van der Waals surface area contributed by atoms with Gasteiger partial charge in [-0.1, -0.05) is 55.3 Å². The van der Waals surface area contributed by atoms with E-state index in [1.54, 1.807) is 42.5 Å². The van der Waals surface area contributed by atoms with Crippen LogP contribution in [0.3, 0.4) is 0 Å². The second kappa shape index (κ2) is 11.4. The second-order valence-corrected chi connectivity index (χ2v) is 7.15. The zero-order valence-corrected chi connectivity index (χ0v) is 17.9. The zero-order valence-electron chi connectivity index (χ0n) is 17.2. The summed E-state index contributed by atoms with van der Waals surface area (Å²) in [5.41, 5.74) is 2.52. The summed E-state index contributed by atoms with van der Waals surface area (Å²) in [6, 6.07) is 14.3. The molecule has 5 nitrogen and oxygen atoms in total. The van der Waals surface area contributed by atoms with Gasteiger partial charge in [-0.05, 0) is 55.9 Å². The van der Waals surface area contributed by atoms with E-state index in [1.807, 2.05) is 19.1 Å². The van der Waals surface area contributed by atoms with Crippen LogP contribution in [0.4, 0.5) is 0 Å². The number of halogens is 1. The monoisotopic (exact) mass is 413 g/mol. The maximum atomic E-state index is 12.8. The summed E-state index contributed by atoms with van der Waals surface area (Å²) < 4.78 is 0. The van der Waals surface area contributed by atoms with E-state index in [-0.39, 0.29) is 17.5 Å². The molecule has 0 aliphatic heterocycles. The lowest BCUT2D eigenvalue weighted by atomic mass is 10.1. The van der Waals surface area contributed by atoms with Gasteiger partial charge in [0.25, 0.3) is 11.8 Å². The first-order valence-electron chi connectivity index (χ1n) is 9.78. The van der Waals surface area contributed by atoms with Crippen molar-refractivity contribution >= 4 is 29.5 Å². The average molecular weight is 414 g/mol. The van der Waals surface area contributed by atoms with Gasteiger partial charge in [0.1, 0.15) is 5.70 Å². The molecule has 0 heterocycles. The number of hydrogen-bond acceptors (Lipinski definition) is 3. The Labute approximate surface area is 177 Å². The molecule has 2 aromatic carbocycles. The summed E-state index contributed by atoms with van der Waals surface area (Å²) in [5.74, 6) is -0.656. The molecule has 0 aliphatic carbocycles. The molecule has 0 saturated carbocycles. The number of benzene rings is 2. The van der Waals surface area contributed by atoms with Gasteiger partial charge >= 0.3 is 0 Å². The number of amides is 2. The molecule has 0 saturated heterocycles. The lowest BCUT2D eigenvalue weighted by molar-refractivity contribution is -0.117. The molecule has 154 valence electrons. The Morgan fingerprint density at radius 1 is 1.00 bits per heavy atom. The summed E-state index contributed by atoms with van der Waals surface area (Å²) in [6.07, 6.45) is 1.65. The minimum absolute atomic E-state index is 0.192. The van der Waals surface area contributed by atoms with Crippen LogP contribution in [0.1, 0.15) is 35.3 Å². The molecule has 29 heavy (non-hydrogen) atoms. The van der Waals surface area contributed by atoms with Crippen molar-refractivity contribution in [3.05, 3.63) is 75.9 Å². The summed E-state index contributed by atoms with van der Waals surface area (Å²) in [6.45, 7) is 9.21. The Balaban J connectivity index is 2.16. The Morgan fingerprint density at radius 2 is 1.62 bits per heavy atom. The van der Waals surface area contributed by atoms with Crippen LogP contribution in [0.15, 0.2) is 54.2 Å². The van der Waals surface area contributed by atoms with Crippen LogP contribution < -0.4 is 10.6 Å². The van der Waals surface area contributed by atoms with Gasteiger partial charge in [0.2, 0.25) is 0 Å². The average Bonchev–Trinajstić information content (AvgIpc) is 2.72. The number of rotatable bonds is 9. The number of hydrogen-bond donors (Lipinski definition) is 2. The van der Waals surface area contributed by atoms with Crippen molar-refractivity contribution in [2.75, 3.05) is 26.2 Å². The van der Waals surface area contributed by atoms with Crippen molar-refractivity contribution in [2.24, 2.45) is 0 Å². The first kappa shape index (κ1) is 22.7. The third kappa shape index (κ3) is 7.37. The van der Waals surface area contributed by atoms with E-state index in [0.717, 1.165) is 30.8 Å². The summed E-state index contributed by atoms with van der Waals surface area (Å²) in [7, 11) is 0. The van der Waals surface area contributed by atoms with Crippen LogP contribution >= 0.6 is 11.6 Å². The van der Waals surface area contributed by atoms with Gasteiger partial charge < -0.3 is 15.5 Å². The minimum atomic E-state index is -0.330. The van der Waals surface area contributed by atoms with Crippen LogP contribution in [-0.2, 0) is 4.79 Å². The van der Waals surface area contributed by atoms with Gasteiger partial charge in [0.05, 0.1) is 0 Å². The van der Waals surface area contributed by atoms with Crippen LogP contribution in [0.5, 0.6) is 0 Å². The third-order valence-corrected chi connectivity index (χ3v) is 4.85. The summed E-state index contributed by atoms with van der Waals surface area (Å²) in [4.78, 5) is 27.6. The molecular weight excluding hydrogens is 386 g/mol. The molecule has 0 atom stereocenters. The van der Waals surface area contributed by atoms with Crippen molar-refractivity contribution in [1.29, 1.82) is 0 Å². The normalized spacial score (nSPS) is 11.4. The van der Waals surface area contributed by atoms with Crippen LogP contribution in [0.25, 0.3) is 6.08 Å². The predicted molar refractivity (Wildman–Crippen MR) is 119 cm³/mol. The number of likely N-dealkylation sites (N-methyl/N-ethyl adjacent to an activating group) is 1. The first-order valence-corrected chi connectivity index (χ1v) is 10.2. The molecule has 0 bridgehead atoms. The number of carbonyl (C=O) groups is 2. The topological polar surface area (TPSA) is 61.4 Å². The van der Waals surface area contributed by atoms with Crippen LogP contribution in [0.2, 0.25) is 5.02 Å². The molecule has 0 spiro atoms. The van der Waals surface area contributed by atoms with Gasteiger partial charge in [-0.3, -0.25) is 9.59 Å². The highest BCUT2D eigenvalue weighted by Crippen LogP contribution is 2.13. The van der Waals surface area contributed by atoms with E-state index in [9.17, 15) is 9.59 Å². The summed E-state index contributed by atoms with van der Waals surface area (Å²) in [5, 5.41) is 6.24. The molecule has 6 heteroatoms. The van der Waals surface area contributed by atoms with Crippen molar-refractivity contribution in [3.8, 4) is 0 Å². The maximum Gasteiger partial charge on any atom is 0.267 e. The molecule has 0 aromatic heterocycles. The highest BCUT2D eigenvalue weighted by atomic mass is 35.5. The Morgan fingerprint density at radius 3 is 2.21 bits per heavy atom. The standard InChI is InChI=1S/C23H28ClN3O2/c1-4-27(5-2)15-14-25-23(29)21(16-18-8-12-20(24)13-9-18)26-22(28)19-10-6-17(3)7-11-19/h6-13,16H,4-5,14-15H2,1-3H3,(H,25,29)(H,26,28). The fourth-order valence-electron chi connectivity index (χ4n) is 2.75. The molecular formula is C23H28ClN3O2. The lowest BCUT2D eigenvalue weighted by Crippen LogP contribution is -2.39. The SMILES string of the molecule is CCN(CC)CCNC(=O)C(=Cc1ccc(Cl)cc1)NC(=O)c1ccc(C)cc1. The van der Waals surface area contributed by atoms with Crippen molar-refractivity contribution in [3.63, 3.8) is 0 Å². The molecule has 0 radical (unpaired) electrons. The van der Waals surface area contributed by atoms with Gasteiger partial charge in [-0.2, -0.15) is 0 Å². The van der Waals surface area contributed by atoms with E-state index in [4.69, 9.17) is 11.6 Å². The molecule has 2 aromatic rings. The highest BCUT2D eigenvalue weighted by molar-refractivity contribution is 6.30. The van der Waals surface area contributed by atoms with Gasteiger partial charge in [-0.15, -0.1) is 0 Å². The highest BCUT2D eigenvalue weighted by Gasteiger charge is 2.15. The summed E-state index contributed by atoms with van der Waals surface area (Å²) >= 11 is 5.94. The molecule has 0 unspecified atom stereocenters. The Bertz CT molecular complexity index is 841. The maximum absolute atomic E-state index is 12.8. The zero-order chi connectivity index (χ0) is 21.2. The van der Waals surface area contributed by atoms with Gasteiger partial charge in [0, 0.05) is 23.7 Å². The van der Waals surface area contributed by atoms with Gasteiger partial charge in [-0.25, -0.2) is 0 Å². The predicted octanol–water partition coefficient (Wildman–Crippen LogP) is 3.88. The van der Waals surface area contributed by atoms with E-state index < -0.39 is 0 Å². The third-order valence-electron chi connectivity index (χ3n) is 4.60. The van der Waals surface area contributed by atoms with Crippen molar-refractivity contribution in [2.45, 2.75) is 20.8 Å². The molecule has 0 fully saturated rings. The van der Waals surface area contributed by atoms with E-state index in [2.05, 4.69) is 29.4 Å². The molecule has 0 aliphatic rings. The fraction of sp³-hybridized carbons (Fsp3) is 0.304. The van der Waals surface area contributed by atoms with Crippen LogP contribution in [-0.4, -0.2) is 42.9 Å². The minimum Gasteiger partial charge on any atom is -0.349 e. The Kier molecular flexibility index (Phi) is 8.90. The van der Waals surface area contributed by atoms with Crippen molar-refractivity contribution in [1.82, 2.24) is 15.5 Å². The smallest absolute Gasteiger partial charge is 0.267 e. The Hall–Kier alpha value is -2.63. The molecule has 2 amide bonds. The van der Waals surface area contributed by atoms with Crippen molar-refractivity contribution < 1.29 is 9.59 Å². The number of nitrogens with zero attached hydrogens (tertiary/aromatic N) is 1. The largest absolute Gasteiger partial charge is 0.349 e. The quantitative estimate of drug-likeness (QED) is 0.613. The van der Waals surface area contributed by atoms with Crippen LogP contribution in [0, 0.1) is 6.92 Å². The fourth-order valence-corrected chi connectivity index (χ4v) is 2.87. The lowest BCUT2D eigenvalue weighted by Gasteiger charge is -2.18. The molecule has 2 rings (SSSR count).